The summed E-state index contributed by atoms with van der Waals surface area (Å²) in [6.07, 6.45) is 1.27. The van der Waals surface area contributed by atoms with E-state index in [1.807, 2.05) is 6.07 Å². The van der Waals surface area contributed by atoms with E-state index in [1.165, 1.54) is 18.3 Å². The fourth-order valence-corrected chi connectivity index (χ4v) is 0.842. The molecule has 0 radical (unpaired) electrons. The van der Waals surface area contributed by atoms with Crippen molar-refractivity contribution in [1.29, 1.82) is 10.7 Å². The molecule has 7 heteroatoms. The maximum atomic E-state index is 11.1. The predicted molar refractivity (Wildman–Crippen MR) is 54.5 cm³/mol. The van der Waals surface area contributed by atoms with E-state index in [1.54, 1.807) is 0 Å². The normalized spacial score (nSPS) is 8.94. The lowest BCUT2D eigenvalue weighted by Gasteiger charge is -2.04. The van der Waals surface area contributed by atoms with E-state index >= 15 is 0 Å². The molecule has 0 saturated carbocycles. The number of nitriles is 1. The molecule has 0 aromatic carbocycles. The Balaban J connectivity index is 2.50. The molecular weight excluding hydrogens is 210 g/mol. The van der Waals surface area contributed by atoms with Gasteiger partial charge in [0.2, 0.25) is 0 Å². The van der Waals surface area contributed by atoms with Crippen LogP contribution in [-0.2, 0) is 4.79 Å². The number of hydrogen-bond donors (Lipinski definition) is 3. The number of aromatic nitrogens is 1. The zero-order chi connectivity index (χ0) is 12.0. The minimum atomic E-state index is -0.596. The van der Waals surface area contributed by atoms with Crippen LogP contribution in [0.4, 0.5) is 0 Å². The number of nitrogens with zero attached hydrogens (tertiary/aromatic N) is 2. The van der Waals surface area contributed by atoms with Gasteiger partial charge in [-0.15, -0.1) is 0 Å². The summed E-state index contributed by atoms with van der Waals surface area (Å²) in [5.41, 5.74) is 5.23. The van der Waals surface area contributed by atoms with Gasteiger partial charge in [0, 0.05) is 0 Å². The highest BCUT2D eigenvalue weighted by Gasteiger charge is 2.05. The lowest BCUT2D eigenvalue weighted by Crippen LogP contribution is -2.36. The van der Waals surface area contributed by atoms with Gasteiger partial charge in [0.25, 0.3) is 0 Å². The van der Waals surface area contributed by atoms with Gasteiger partial charge in [-0.3, -0.25) is 5.41 Å². The van der Waals surface area contributed by atoms with Crippen molar-refractivity contribution in [3.8, 4) is 11.8 Å². The van der Waals surface area contributed by atoms with E-state index in [2.05, 4.69) is 10.3 Å². The molecule has 1 rings (SSSR count). The Hall–Kier alpha value is -2.62. The van der Waals surface area contributed by atoms with Crippen molar-refractivity contribution in [1.82, 2.24) is 10.3 Å². The Kier molecular flexibility index (Phi) is 3.80. The highest BCUT2D eigenvalue weighted by molar-refractivity contribution is 5.81. The van der Waals surface area contributed by atoms with Crippen molar-refractivity contribution in [2.24, 2.45) is 5.73 Å². The first-order chi connectivity index (χ1) is 7.61. The summed E-state index contributed by atoms with van der Waals surface area (Å²) in [6.45, 7) is -0.199. The first-order valence-corrected chi connectivity index (χ1v) is 4.26. The summed E-state index contributed by atoms with van der Waals surface area (Å²) in [4.78, 5) is 14.9. The summed E-state index contributed by atoms with van der Waals surface area (Å²) in [5.74, 6) is -0.675. The fourth-order valence-electron chi connectivity index (χ4n) is 0.842. The van der Waals surface area contributed by atoms with Gasteiger partial charge < -0.3 is 15.8 Å². The van der Waals surface area contributed by atoms with Gasteiger partial charge in [0.05, 0.1) is 6.20 Å². The molecule has 0 saturated heterocycles. The molecule has 1 heterocycles. The molecule has 0 unspecified atom stereocenters. The Morgan fingerprint density at radius 3 is 2.94 bits per heavy atom. The van der Waals surface area contributed by atoms with Crippen LogP contribution >= 0.6 is 0 Å². The van der Waals surface area contributed by atoms with Crippen LogP contribution in [-0.4, -0.2) is 23.5 Å². The molecular formula is C9H9N5O2. The molecule has 82 valence electrons. The average Bonchev–Trinajstić information content (AvgIpc) is 2.27. The van der Waals surface area contributed by atoms with Crippen molar-refractivity contribution in [2.45, 2.75) is 0 Å². The Labute approximate surface area is 91.4 Å². The number of ether oxygens (including phenoxy) is 1. The lowest BCUT2D eigenvalue weighted by molar-refractivity contribution is -0.133. The molecule has 0 fully saturated rings. The van der Waals surface area contributed by atoms with E-state index in [-0.39, 0.29) is 23.9 Å². The summed E-state index contributed by atoms with van der Waals surface area (Å²) in [5, 5.41) is 17.6. The molecule has 0 atom stereocenters. The zero-order valence-corrected chi connectivity index (χ0v) is 8.23. The largest absolute Gasteiger partial charge is 0.424 e. The van der Waals surface area contributed by atoms with Gasteiger partial charge in [-0.05, 0) is 12.1 Å². The van der Waals surface area contributed by atoms with Crippen molar-refractivity contribution in [3.63, 3.8) is 0 Å². The average molecular weight is 219 g/mol. The molecule has 0 spiro atoms. The number of rotatable bonds is 3. The van der Waals surface area contributed by atoms with Crippen LogP contribution < -0.4 is 15.8 Å². The van der Waals surface area contributed by atoms with Crippen molar-refractivity contribution >= 4 is 11.9 Å². The van der Waals surface area contributed by atoms with Crippen LogP contribution in [0.5, 0.6) is 5.75 Å². The zero-order valence-electron chi connectivity index (χ0n) is 8.23. The Morgan fingerprint density at radius 1 is 1.69 bits per heavy atom. The van der Waals surface area contributed by atoms with Gasteiger partial charge in [-0.2, -0.15) is 5.26 Å². The van der Waals surface area contributed by atoms with E-state index in [9.17, 15) is 4.79 Å². The third-order valence-electron chi connectivity index (χ3n) is 1.51. The van der Waals surface area contributed by atoms with Crippen LogP contribution in [0.3, 0.4) is 0 Å². The highest BCUT2D eigenvalue weighted by Crippen LogP contribution is 2.08. The third kappa shape index (κ3) is 3.63. The SMILES string of the molecule is N#Cc1ccc(OC(=O)CNC(=N)N)cn1. The highest BCUT2D eigenvalue weighted by atomic mass is 16.5. The number of esters is 1. The Morgan fingerprint density at radius 2 is 2.44 bits per heavy atom. The molecule has 0 aliphatic heterocycles. The standard InChI is InChI=1S/C9H9N5O2/c10-3-6-1-2-7(4-13-6)16-8(15)5-14-9(11)12/h1-2,4H,5H2,(H4,11,12,14). The quantitative estimate of drug-likeness (QED) is 0.352. The minimum Gasteiger partial charge on any atom is -0.424 e. The van der Waals surface area contributed by atoms with E-state index in [0.29, 0.717) is 0 Å². The molecule has 0 aliphatic rings. The van der Waals surface area contributed by atoms with E-state index in [0.717, 1.165) is 0 Å². The third-order valence-corrected chi connectivity index (χ3v) is 1.51. The summed E-state index contributed by atoms with van der Waals surface area (Å²) >= 11 is 0. The van der Waals surface area contributed by atoms with Crippen LogP contribution in [0, 0.1) is 16.7 Å². The number of carbonyl (C=O) groups excluding carboxylic acids is 1. The maximum absolute atomic E-state index is 11.1. The second-order valence-electron chi connectivity index (χ2n) is 2.73. The van der Waals surface area contributed by atoms with Crippen LogP contribution in [0.2, 0.25) is 0 Å². The minimum absolute atomic E-state index is 0.199. The summed E-state index contributed by atoms with van der Waals surface area (Å²) in [6, 6.07) is 4.73. The first kappa shape index (κ1) is 11.5. The van der Waals surface area contributed by atoms with Crippen LogP contribution in [0.1, 0.15) is 5.69 Å². The molecule has 0 bridgehead atoms. The molecule has 0 aliphatic carbocycles. The molecule has 1 aromatic heterocycles. The van der Waals surface area contributed by atoms with Crippen LogP contribution in [0.25, 0.3) is 0 Å². The Bertz CT molecular complexity index is 434. The number of carbonyl (C=O) groups is 1. The summed E-state index contributed by atoms with van der Waals surface area (Å²) in [7, 11) is 0. The van der Waals surface area contributed by atoms with Gasteiger partial charge in [-0.25, -0.2) is 9.78 Å². The number of pyridine rings is 1. The second-order valence-corrected chi connectivity index (χ2v) is 2.73. The van der Waals surface area contributed by atoms with Gasteiger partial charge in [0.1, 0.15) is 24.1 Å². The van der Waals surface area contributed by atoms with Crippen molar-refractivity contribution in [3.05, 3.63) is 24.0 Å². The molecule has 7 nitrogen and oxygen atoms in total. The van der Waals surface area contributed by atoms with Crippen LogP contribution in [0.15, 0.2) is 18.3 Å². The molecule has 1 aromatic rings. The maximum Gasteiger partial charge on any atom is 0.330 e. The smallest absolute Gasteiger partial charge is 0.330 e. The fraction of sp³-hybridized carbons (Fsp3) is 0.111. The monoisotopic (exact) mass is 219 g/mol. The first-order valence-electron chi connectivity index (χ1n) is 4.26. The second kappa shape index (κ2) is 5.31. The van der Waals surface area contributed by atoms with E-state index in [4.69, 9.17) is 21.1 Å². The van der Waals surface area contributed by atoms with E-state index < -0.39 is 5.97 Å². The van der Waals surface area contributed by atoms with Gasteiger partial charge in [-0.1, -0.05) is 0 Å². The van der Waals surface area contributed by atoms with Crippen molar-refractivity contribution < 1.29 is 9.53 Å². The molecule has 0 amide bonds. The summed E-state index contributed by atoms with van der Waals surface area (Å²) < 4.78 is 4.84. The molecule has 16 heavy (non-hydrogen) atoms. The number of nitrogens with one attached hydrogen (secondary N) is 2. The van der Waals surface area contributed by atoms with Gasteiger partial charge >= 0.3 is 5.97 Å². The van der Waals surface area contributed by atoms with Crippen molar-refractivity contribution in [2.75, 3.05) is 6.54 Å². The lowest BCUT2D eigenvalue weighted by atomic mass is 10.4. The van der Waals surface area contributed by atoms with Gasteiger partial charge in [0.15, 0.2) is 5.96 Å². The molecule has 4 N–H and O–H groups in total. The predicted octanol–water partition coefficient (Wildman–Crippen LogP) is -0.658. The topological polar surface area (TPSA) is 125 Å². The number of guanidine groups is 1. The number of nitrogens with two attached hydrogens (primary N) is 1. The number of hydrogen-bond acceptors (Lipinski definition) is 5.